The lowest BCUT2D eigenvalue weighted by Crippen LogP contribution is -2.47. The van der Waals surface area contributed by atoms with Gasteiger partial charge < -0.3 is 5.32 Å². The van der Waals surface area contributed by atoms with E-state index in [1.807, 2.05) is 25.1 Å². The second-order valence-corrected chi connectivity index (χ2v) is 8.88. The van der Waals surface area contributed by atoms with E-state index in [0.29, 0.717) is 12.1 Å². The smallest absolute Gasteiger partial charge is 0.272 e. The Bertz CT molecular complexity index is 826. The molecule has 1 saturated heterocycles. The molecular weight excluding hydrogens is 308 g/mol. The van der Waals surface area contributed by atoms with Crippen LogP contribution < -0.4 is 5.32 Å². The molecule has 2 heterocycles. The third kappa shape index (κ3) is 2.80. The van der Waals surface area contributed by atoms with E-state index in [-0.39, 0.29) is 17.4 Å². The molecule has 1 aliphatic heterocycles. The van der Waals surface area contributed by atoms with Crippen molar-refractivity contribution in [1.82, 2.24) is 9.69 Å². The van der Waals surface area contributed by atoms with Gasteiger partial charge in [0.05, 0.1) is 21.7 Å². The molecule has 1 unspecified atom stereocenters. The molecular formula is C14H16N2O3S2. The van der Waals surface area contributed by atoms with Crippen LogP contribution in [0.15, 0.2) is 18.2 Å². The number of aryl methyl sites for hydroxylation is 1. The van der Waals surface area contributed by atoms with E-state index in [0.717, 1.165) is 15.6 Å². The third-order valence-corrected chi connectivity index (χ3v) is 6.49. The average Bonchev–Trinajstić information content (AvgIpc) is 2.90. The number of hydrogen-bond acceptors (Lipinski definition) is 5. The molecule has 1 aromatic heterocycles. The Kier molecular flexibility index (Phi) is 3.29. The summed E-state index contributed by atoms with van der Waals surface area (Å²) in [6, 6.07) is 5.86. The van der Waals surface area contributed by atoms with Gasteiger partial charge in [-0.1, -0.05) is 11.6 Å². The van der Waals surface area contributed by atoms with Crippen LogP contribution in [-0.2, 0) is 9.84 Å². The van der Waals surface area contributed by atoms with E-state index in [1.54, 1.807) is 6.92 Å². The number of fused-ring (bicyclic) bond motifs is 1. The van der Waals surface area contributed by atoms with Crippen LogP contribution in [0.25, 0.3) is 10.1 Å². The summed E-state index contributed by atoms with van der Waals surface area (Å²) in [6.45, 7) is 3.74. The number of rotatable bonds is 2. The molecule has 1 atom stereocenters. The zero-order valence-electron chi connectivity index (χ0n) is 11.8. The van der Waals surface area contributed by atoms with E-state index in [4.69, 9.17) is 0 Å². The largest absolute Gasteiger partial charge is 0.344 e. The molecule has 1 fully saturated rings. The van der Waals surface area contributed by atoms with Gasteiger partial charge in [0.2, 0.25) is 0 Å². The summed E-state index contributed by atoms with van der Waals surface area (Å²) in [5, 5.41) is 3.67. The highest BCUT2D eigenvalue weighted by molar-refractivity contribution is 7.91. The standard InChI is InChI=1S/C14H16N2O3S2/c1-9-3-4-11-10(7-9)12(16-20-11)13(17)15-14(2)5-6-21(18,19)8-14/h3-4,7H,5-6,8H2,1-2H3,(H,15,17). The first-order chi connectivity index (χ1) is 9.78. The van der Waals surface area contributed by atoms with Gasteiger partial charge in [-0.15, -0.1) is 0 Å². The van der Waals surface area contributed by atoms with Gasteiger partial charge in [0.1, 0.15) is 5.69 Å². The molecule has 0 bridgehead atoms. The van der Waals surface area contributed by atoms with Crippen molar-refractivity contribution in [1.29, 1.82) is 0 Å². The fourth-order valence-corrected chi connectivity index (χ4v) is 5.51. The minimum absolute atomic E-state index is 0.00711. The Labute approximate surface area is 127 Å². The van der Waals surface area contributed by atoms with Crippen LogP contribution in [-0.4, -0.2) is 35.7 Å². The van der Waals surface area contributed by atoms with Crippen LogP contribution in [0.1, 0.15) is 29.4 Å². The molecule has 0 radical (unpaired) electrons. The maximum Gasteiger partial charge on any atom is 0.272 e. The molecule has 7 heteroatoms. The zero-order chi connectivity index (χ0) is 15.3. The summed E-state index contributed by atoms with van der Waals surface area (Å²) in [5.41, 5.74) is 0.742. The molecule has 5 nitrogen and oxygen atoms in total. The van der Waals surface area contributed by atoms with Gasteiger partial charge in [-0.2, -0.15) is 4.37 Å². The van der Waals surface area contributed by atoms with Crippen molar-refractivity contribution in [3.63, 3.8) is 0 Å². The number of amides is 1. The Morgan fingerprint density at radius 1 is 1.43 bits per heavy atom. The quantitative estimate of drug-likeness (QED) is 0.915. The van der Waals surface area contributed by atoms with Crippen LogP contribution in [0.5, 0.6) is 0 Å². The molecule has 1 N–H and O–H groups in total. The van der Waals surface area contributed by atoms with Crippen molar-refractivity contribution in [2.45, 2.75) is 25.8 Å². The van der Waals surface area contributed by atoms with Gasteiger partial charge in [-0.3, -0.25) is 4.79 Å². The first-order valence-electron chi connectivity index (χ1n) is 6.67. The first kappa shape index (κ1) is 14.5. The van der Waals surface area contributed by atoms with Gasteiger partial charge in [-0.25, -0.2) is 8.42 Å². The van der Waals surface area contributed by atoms with Gasteiger partial charge in [-0.05, 0) is 43.9 Å². The maximum absolute atomic E-state index is 12.4. The van der Waals surface area contributed by atoms with E-state index in [9.17, 15) is 13.2 Å². The van der Waals surface area contributed by atoms with Crippen LogP contribution >= 0.6 is 11.5 Å². The number of nitrogens with one attached hydrogen (secondary N) is 1. The van der Waals surface area contributed by atoms with Gasteiger partial charge in [0.25, 0.3) is 5.91 Å². The Balaban J connectivity index is 1.90. The SMILES string of the molecule is Cc1ccc2snc(C(=O)NC3(C)CCS(=O)(=O)C3)c2c1. The van der Waals surface area contributed by atoms with Gasteiger partial charge >= 0.3 is 0 Å². The summed E-state index contributed by atoms with van der Waals surface area (Å²) in [5.74, 6) is -0.181. The predicted molar refractivity (Wildman–Crippen MR) is 83.5 cm³/mol. The van der Waals surface area contributed by atoms with Crippen molar-refractivity contribution in [3.05, 3.63) is 29.5 Å². The number of benzene rings is 1. The Morgan fingerprint density at radius 3 is 2.86 bits per heavy atom. The lowest BCUT2D eigenvalue weighted by atomic mass is 10.0. The lowest BCUT2D eigenvalue weighted by molar-refractivity contribution is 0.0913. The Hall–Kier alpha value is -1.47. The van der Waals surface area contributed by atoms with Gasteiger partial charge in [0, 0.05) is 5.39 Å². The fourth-order valence-electron chi connectivity index (χ4n) is 2.66. The second-order valence-electron chi connectivity index (χ2n) is 5.89. The molecule has 0 spiro atoms. The molecule has 0 aliphatic carbocycles. The van der Waals surface area contributed by atoms with Crippen LogP contribution in [0.2, 0.25) is 0 Å². The van der Waals surface area contributed by atoms with E-state index >= 15 is 0 Å². The molecule has 112 valence electrons. The monoisotopic (exact) mass is 324 g/mol. The maximum atomic E-state index is 12.4. The number of sulfone groups is 1. The van der Waals surface area contributed by atoms with Crippen molar-refractivity contribution in [2.24, 2.45) is 0 Å². The third-order valence-electron chi connectivity index (χ3n) is 3.76. The normalized spacial score (nSPS) is 24.3. The van der Waals surface area contributed by atoms with Crippen LogP contribution in [0.4, 0.5) is 0 Å². The molecule has 1 amide bonds. The molecule has 2 aromatic rings. The number of nitrogens with zero attached hydrogens (tertiary/aromatic N) is 1. The number of aromatic nitrogens is 1. The molecule has 1 aromatic carbocycles. The van der Waals surface area contributed by atoms with Gasteiger partial charge in [0.15, 0.2) is 9.84 Å². The minimum atomic E-state index is -3.05. The topological polar surface area (TPSA) is 76.1 Å². The average molecular weight is 324 g/mol. The van der Waals surface area contributed by atoms with Crippen molar-refractivity contribution in [3.8, 4) is 0 Å². The first-order valence-corrected chi connectivity index (χ1v) is 9.27. The number of carbonyl (C=O) groups is 1. The lowest BCUT2D eigenvalue weighted by Gasteiger charge is -2.23. The van der Waals surface area contributed by atoms with Crippen molar-refractivity contribution >= 4 is 37.4 Å². The molecule has 1 aliphatic rings. The fraction of sp³-hybridized carbons (Fsp3) is 0.429. The minimum Gasteiger partial charge on any atom is -0.344 e. The van der Waals surface area contributed by atoms with Crippen LogP contribution in [0.3, 0.4) is 0 Å². The highest BCUT2D eigenvalue weighted by Crippen LogP contribution is 2.26. The number of carbonyl (C=O) groups excluding carboxylic acids is 1. The molecule has 21 heavy (non-hydrogen) atoms. The zero-order valence-corrected chi connectivity index (χ0v) is 13.5. The van der Waals surface area contributed by atoms with E-state index < -0.39 is 15.4 Å². The highest BCUT2D eigenvalue weighted by atomic mass is 32.2. The Morgan fingerprint density at radius 2 is 2.19 bits per heavy atom. The summed E-state index contributed by atoms with van der Waals surface area (Å²) in [4.78, 5) is 12.4. The summed E-state index contributed by atoms with van der Waals surface area (Å²) < 4.78 is 28.4. The predicted octanol–water partition coefficient (Wildman–Crippen LogP) is 1.91. The van der Waals surface area contributed by atoms with Crippen molar-refractivity contribution in [2.75, 3.05) is 11.5 Å². The molecule has 0 saturated carbocycles. The van der Waals surface area contributed by atoms with E-state index in [2.05, 4.69) is 9.69 Å². The summed E-state index contributed by atoms with van der Waals surface area (Å²) in [7, 11) is -3.05. The van der Waals surface area contributed by atoms with Crippen molar-refractivity contribution < 1.29 is 13.2 Å². The summed E-state index contributed by atoms with van der Waals surface area (Å²) in [6.07, 6.45) is 0.447. The second kappa shape index (κ2) is 4.78. The highest BCUT2D eigenvalue weighted by Gasteiger charge is 2.40. The number of hydrogen-bond donors (Lipinski definition) is 1. The van der Waals surface area contributed by atoms with E-state index in [1.165, 1.54) is 11.5 Å². The van der Waals surface area contributed by atoms with Crippen LogP contribution in [0, 0.1) is 6.92 Å². The molecule has 3 rings (SSSR count). The summed E-state index contributed by atoms with van der Waals surface area (Å²) >= 11 is 1.28.